The summed E-state index contributed by atoms with van der Waals surface area (Å²) in [7, 11) is 4.20. The number of hydrogen-bond acceptors (Lipinski definition) is 2. The van der Waals surface area contributed by atoms with E-state index in [0.717, 1.165) is 12.8 Å². The molecule has 1 N–H and O–H groups in total. The molecule has 88 valence electrons. The number of nitrogens with zero attached hydrogens (tertiary/aromatic N) is 1. The van der Waals surface area contributed by atoms with Crippen molar-refractivity contribution in [1.82, 2.24) is 4.90 Å². The van der Waals surface area contributed by atoms with Crippen molar-refractivity contribution in [3.63, 3.8) is 0 Å². The first-order chi connectivity index (χ1) is 7.59. The average Bonchev–Trinajstić information content (AvgIpc) is 2.99. The first kappa shape index (κ1) is 11.6. The maximum atomic E-state index is 9.58. The molecule has 2 heteroatoms. The molecule has 0 aromatic heterocycles. The van der Waals surface area contributed by atoms with Crippen LogP contribution in [0.5, 0.6) is 0 Å². The van der Waals surface area contributed by atoms with Gasteiger partial charge in [-0.1, -0.05) is 29.8 Å². The van der Waals surface area contributed by atoms with Gasteiger partial charge in [-0.05, 0) is 39.4 Å². The Balaban J connectivity index is 2.33. The van der Waals surface area contributed by atoms with Crippen molar-refractivity contribution < 1.29 is 5.11 Å². The van der Waals surface area contributed by atoms with Gasteiger partial charge in [0.25, 0.3) is 0 Å². The number of aryl methyl sites for hydroxylation is 1. The van der Waals surface area contributed by atoms with Gasteiger partial charge in [-0.25, -0.2) is 0 Å². The molecule has 2 rings (SSSR count). The molecule has 16 heavy (non-hydrogen) atoms. The highest BCUT2D eigenvalue weighted by molar-refractivity contribution is 5.28. The largest absolute Gasteiger partial charge is 0.396 e. The van der Waals surface area contributed by atoms with Crippen LogP contribution in [0.4, 0.5) is 0 Å². The SMILES string of the molecule is Cc1cccc(C(N(C)C)C2(CO)CC2)c1. The van der Waals surface area contributed by atoms with E-state index in [2.05, 4.69) is 50.2 Å². The smallest absolute Gasteiger partial charge is 0.0505 e. The molecular formula is C14H21NO. The lowest BCUT2D eigenvalue weighted by Crippen LogP contribution is -2.31. The summed E-state index contributed by atoms with van der Waals surface area (Å²) in [4.78, 5) is 2.23. The predicted octanol–water partition coefficient (Wildman–Crippen LogP) is 2.37. The highest BCUT2D eigenvalue weighted by Crippen LogP contribution is 2.56. The van der Waals surface area contributed by atoms with Crippen LogP contribution < -0.4 is 0 Å². The minimum Gasteiger partial charge on any atom is -0.396 e. The molecule has 0 amide bonds. The third-order valence-corrected chi connectivity index (χ3v) is 3.66. The van der Waals surface area contributed by atoms with E-state index < -0.39 is 0 Å². The van der Waals surface area contributed by atoms with Gasteiger partial charge in [0.05, 0.1) is 6.61 Å². The maximum absolute atomic E-state index is 9.58. The third kappa shape index (κ3) is 2.00. The Hall–Kier alpha value is -0.860. The topological polar surface area (TPSA) is 23.5 Å². The third-order valence-electron chi connectivity index (χ3n) is 3.66. The zero-order valence-corrected chi connectivity index (χ0v) is 10.4. The van der Waals surface area contributed by atoms with Crippen molar-refractivity contribution >= 4 is 0 Å². The number of benzene rings is 1. The zero-order valence-electron chi connectivity index (χ0n) is 10.4. The summed E-state index contributed by atoms with van der Waals surface area (Å²) >= 11 is 0. The molecule has 0 bridgehead atoms. The van der Waals surface area contributed by atoms with E-state index >= 15 is 0 Å². The van der Waals surface area contributed by atoms with Crippen molar-refractivity contribution in [2.75, 3.05) is 20.7 Å². The van der Waals surface area contributed by atoms with Crippen LogP contribution in [0.15, 0.2) is 24.3 Å². The molecule has 1 atom stereocenters. The highest BCUT2D eigenvalue weighted by atomic mass is 16.3. The number of hydrogen-bond donors (Lipinski definition) is 1. The zero-order chi connectivity index (χ0) is 11.8. The quantitative estimate of drug-likeness (QED) is 0.840. The van der Waals surface area contributed by atoms with E-state index in [1.807, 2.05) is 0 Å². The van der Waals surface area contributed by atoms with Crippen LogP contribution in [-0.4, -0.2) is 30.7 Å². The molecule has 0 radical (unpaired) electrons. The monoisotopic (exact) mass is 219 g/mol. The van der Waals surface area contributed by atoms with E-state index in [9.17, 15) is 5.11 Å². The van der Waals surface area contributed by atoms with Gasteiger partial charge in [0, 0.05) is 11.5 Å². The van der Waals surface area contributed by atoms with Crippen LogP contribution >= 0.6 is 0 Å². The van der Waals surface area contributed by atoms with Crippen LogP contribution in [0.3, 0.4) is 0 Å². The fraction of sp³-hybridized carbons (Fsp3) is 0.571. The van der Waals surface area contributed by atoms with E-state index in [1.165, 1.54) is 11.1 Å². The minimum absolute atomic E-state index is 0.108. The van der Waals surface area contributed by atoms with Crippen molar-refractivity contribution in [1.29, 1.82) is 0 Å². The fourth-order valence-corrected chi connectivity index (χ4v) is 2.72. The minimum atomic E-state index is 0.108. The molecule has 0 aliphatic heterocycles. The lowest BCUT2D eigenvalue weighted by Gasteiger charge is -2.32. The normalized spacial score (nSPS) is 19.8. The first-order valence-electron chi connectivity index (χ1n) is 5.93. The Morgan fingerprint density at radius 2 is 2.06 bits per heavy atom. The molecule has 1 saturated carbocycles. The molecule has 0 heterocycles. The number of aliphatic hydroxyl groups is 1. The molecule has 2 nitrogen and oxygen atoms in total. The van der Waals surface area contributed by atoms with Gasteiger partial charge in [0.2, 0.25) is 0 Å². The van der Waals surface area contributed by atoms with Gasteiger partial charge < -0.3 is 10.0 Å². The maximum Gasteiger partial charge on any atom is 0.0505 e. The Labute approximate surface area is 97.9 Å². The van der Waals surface area contributed by atoms with Gasteiger partial charge in [0.15, 0.2) is 0 Å². The second kappa shape index (κ2) is 4.19. The summed E-state index contributed by atoms with van der Waals surface area (Å²) in [5.74, 6) is 0. The van der Waals surface area contributed by atoms with E-state index in [1.54, 1.807) is 0 Å². The summed E-state index contributed by atoms with van der Waals surface area (Å²) in [6.07, 6.45) is 2.28. The standard InChI is InChI=1S/C14H21NO/c1-11-5-4-6-12(9-11)13(15(2)3)14(10-16)7-8-14/h4-6,9,13,16H,7-8,10H2,1-3H3. The van der Waals surface area contributed by atoms with E-state index in [0.29, 0.717) is 12.6 Å². The van der Waals surface area contributed by atoms with Crippen molar-refractivity contribution in [3.8, 4) is 0 Å². The second-order valence-corrected chi connectivity index (χ2v) is 5.30. The molecule has 1 fully saturated rings. The van der Waals surface area contributed by atoms with Gasteiger partial charge >= 0.3 is 0 Å². The summed E-state index contributed by atoms with van der Waals surface area (Å²) < 4.78 is 0. The Bertz CT molecular complexity index is 369. The summed E-state index contributed by atoms with van der Waals surface area (Å²) in [5.41, 5.74) is 2.73. The van der Waals surface area contributed by atoms with Gasteiger partial charge in [0.1, 0.15) is 0 Å². The summed E-state index contributed by atoms with van der Waals surface area (Å²) in [5, 5.41) is 9.58. The van der Waals surface area contributed by atoms with Crippen molar-refractivity contribution in [2.45, 2.75) is 25.8 Å². The Morgan fingerprint density at radius 3 is 2.50 bits per heavy atom. The lowest BCUT2D eigenvalue weighted by molar-refractivity contribution is 0.115. The fourth-order valence-electron chi connectivity index (χ4n) is 2.72. The second-order valence-electron chi connectivity index (χ2n) is 5.30. The van der Waals surface area contributed by atoms with E-state index in [4.69, 9.17) is 0 Å². The Morgan fingerprint density at radius 1 is 1.38 bits per heavy atom. The van der Waals surface area contributed by atoms with E-state index in [-0.39, 0.29) is 5.41 Å². The van der Waals surface area contributed by atoms with Gasteiger partial charge in [-0.2, -0.15) is 0 Å². The predicted molar refractivity (Wildman–Crippen MR) is 66.4 cm³/mol. The molecule has 0 saturated heterocycles. The molecule has 1 unspecified atom stereocenters. The number of rotatable bonds is 4. The molecule has 1 aromatic carbocycles. The molecule has 1 aromatic rings. The number of aliphatic hydroxyl groups excluding tert-OH is 1. The van der Waals surface area contributed by atoms with Crippen molar-refractivity contribution in [3.05, 3.63) is 35.4 Å². The van der Waals surface area contributed by atoms with Crippen LogP contribution in [0.2, 0.25) is 0 Å². The van der Waals surface area contributed by atoms with Crippen LogP contribution in [-0.2, 0) is 0 Å². The Kier molecular flexibility index (Phi) is 3.04. The average molecular weight is 219 g/mol. The van der Waals surface area contributed by atoms with Crippen LogP contribution in [0.25, 0.3) is 0 Å². The summed E-state index contributed by atoms with van der Waals surface area (Å²) in [6.45, 7) is 2.42. The lowest BCUT2D eigenvalue weighted by atomic mass is 9.89. The van der Waals surface area contributed by atoms with Crippen LogP contribution in [0, 0.1) is 12.3 Å². The van der Waals surface area contributed by atoms with Crippen molar-refractivity contribution in [2.24, 2.45) is 5.41 Å². The molecule has 1 aliphatic rings. The van der Waals surface area contributed by atoms with Crippen LogP contribution in [0.1, 0.15) is 30.0 Å². The summed E-state index contributed by atoms with van der Waals surface area (Å²) in [6, 6.07) is 8.98. The van der Waals surface area contributed by atoms with Gasteiger partial charge in [-0.3, -0.25) is 0 Å². The van der Waals surface area contributed by atoms with Gasteiger partial charge in [-0.15, -0.1) is 0 Å². The molecule has 1 aliphatic carbocycles. The molecular weight excluding hydrogens is 198 g/mol. The highest BCUT2D eigenvalue weighted by Gasteiger charge is 2.50. The first-order valence-corrected chi connectivity index (χ1v) is 5.93. The molecule has 0 spiro atoms.